The number of esters is 1. The number of rotatable bonds is 8. The number of carboxylic acid groups (broad SMARTS) is 1. The molecule has 0 amide bonds. The predicted molar refractivity (Wildman–Crippen MR) is 83.6 cm³/mol. The normalized spacial score (nSPS) is 12.9. The Bertz CT molecular complexity index is 717. The summed E-state index contributed by atoms with van der Waals surface area (Å²) < 4.78 is 45.0. The Hall–Kier alpha value is -2.00. The standard InChI is InChI=1S/C15H20FNO6S/c1-4-23-15(20)10-6-11(16)8-12(7-10)24(21,22)17-13(14(18)19)5-9(2)3/h6-9,13,17H,4-5H2,1-3H3,(H,18,19)/t13-/m1/s1. The number of nitrogens with one attached hydrogen (secondary N) is 1. The SMILES string of the molecule is CCOC(=O)c1cc(F)cc(S(=O)(=O)N[C@H](CC(C)C)C(=O)O)c1. The van der Waals surface area contributed by atoms with Gasteiger partial charge in [0.2, 0.25) is 10.0 Å². The fourth-order valence-corrected chi connectivity index (χ4v) is 3.23. The molecule has 0 aromatic heterocycles. The Morgan fingerprint density at radius 3 is 2.42 bits per heavy atom. The Kier molecular flexibility index (Phi) is 6.85. The largest absolute Gasteiger partial charge is 0.480 e. The van der Waals surface area contributed by atoms with Crippen LogP contribution in [0.4, 0.5) is 4.39 Å². The average molecular weight is 361 g/mol. The average Bonchev–Trinajstić information content (AvgIpc) is 2.45. The highest BCUT2D eigenvalue weighted by Gasteiger charge is 2.27. The van der Waals surface area contributed by atoms with Crippen LogP contribution in [0.3, 0.4) is 0 Å². The van der Waals surface area contributed by atoms with Crippen molar-refractivity contribution in [3.8, 4) is 0 Å². The van der Waals surface area contributed by atoms with Crippen LogP contribution in [0.15, 0.2) is 23.1 Å². The molecule has 0 unspecified atom stereocenters. The molecule has 0 fully saturated rings. The molecule has 1 atom stereocenters. The van der Waals surface area contributed by atoms with Gasteiger partial charge in [-0.05, 0) is 37.5 Å². The first kappa shape index (κ1) is 20.0. The summed E-state index contributed by atoms with van der Waals surface area (Å²) in [5.74, 6) is -3.23. The summed E-state index contributed by atoms with van der Waals surface area (Å²) in [6.07, 6.45) is 0.0641. The fourth-order valence-electron chi connectivity index (χ4n) is 1.98. The third-order valence-corrected chi connectivity index (χ3v) is 4.45. The number of ether oxygens (including phenoxy) is 1. The molecule has 1 aromatic rings. The smallest absolute Gasteiger partial charge is 0.338 e. The molecule has 1 rings (SSSR count). The number of benzene rings is 1. The number of carbonyl (C=O) groups is 2. The van der Waals surface area contributed by atoms with Crippen molar-refractivity contribution in [2.75, 3.05) is 6.61 Å². The summed E-state index contributed by atoms with van der Waals surface area (Å²) in [7, 11) is -4.32. The zero-order valence-electron chi connectivity index (χ0n) is 13.6. The van der Waals surface area contributed by atoms with Gasteiger partial charge in [-0.3, -0.25) is 4.79 Å². The zero-order chi connectivity index (χ0) is 18.5. The quantitative estimate of drug-likeness (QED) is 0.683. The first-order valence-corrected chi connectivity index (χ1v) is 8.78. The molecule has 24 heavy (non-hydrogen) atoms. The maximum absolute atomic E-state index is 13.6. The Balaban J connectivity index is 3.17. The van der Waals surface area contributed by atoms with Crippen LogP contribution in [0.5, 0.6) is 0 Å². The van der Waals surface area contributed by atoms with Crippen molar-refractivity contribution in [1.82, 2.24) is 4.72 Å². The van der Waals surface area contributed by atoms with E-state index in [2.05, 4.69) is 0 Å². The van der Waals surface area contributed by atoms with Crippen LogP contribution < -0.4 is 4.72 Å². The monoisotopic (exact) mass is 361 g/mol. The van der Waals surface area contributed by atoms with Gasteiger partial charge in [-0.25, -0.2) is 17.6 Å². The van der Waals surface area contributed by atoms with Crippen LogP contribution in [0.25, 0.3) is 0 Å². The van der Waals surface area contributed by atoms with Gasteiger partial charge < -0.3 is 9.84 Å². The molecular formula is C15H20FNO6S. The molecule has 0 radical (unpaired) electrons. The molecule has 7 nitrogen and oxygen atoms in total. The molecule has 134 valence electrons. The Morgan fingerprint density at radius 2 is 1.92 bits per heavy atom. The van der Waals surface area contributed by atoms with Crippen LogP contribution in [0, 0.1) is 11.7 Å². The molecule has 9 heteroatoms. The third kappa shape index (κ3) is 5.57. The summed E-state index contributed by atoms with van der Waals surface area (Å²) in [5, 5.41) is 9.12. The molecule has 0 bridgehead atoms. The predicted octanol–water partition coefficient (Wildman–Crippen LogP) is 1.78. The Morgan fingerprint density at radius 1 is 1.29 bits per heavy atom. The van der Waals surface area contributed by atoms with Gasteiger partial charge in [0.1, 0.15) is 11.9 Å². The van der Waals surface area contributed by atoms with Crippen molar-refractivity contribution in [3.63, 3.8) is 0 Å². The van der Waals surface area contributed by atoms with Crippen molar-refractivity contribution in [2.24, 2.45) is 5.92 Å². The lowest BCUT2D eigenvalue weighted by Gasteiger charge is -2.17. The molecule has 0 saturated carbocycles. The summed E-state index contributed by atoms with van der Waals surface area (Å²) in [5.41, 5.74) is -0.270. The van der Waals surface area contributed by atoms with E-state index in [9.17, 15) is 22.4 Å². The third-order valence-electron chi connectivity index (χ3n) is 3.00. The van der Waals surface area contributed by atoms with Crippen LogP contribution in [0.2, 0.25) is 0 Å². The van der Waals surface area contributed by atoms with Crippen LogP contribution in [-0.2, 0) is 19.6 Å². The summed E-state index contributed by atoms with van der Waals surface area (Å²) in [6, 6.07) is 1.14. The van der Waals surface area contributed by atoms with Gasteiger partial charge >= 0.3 is 11.9 Å². The highest BCUT2D eigenvalue weighted by molar-refractivity contribution is 7.89. The first-order chi connectivity index (χ1) is 11.1. The second-order valence-electron chi connectivity index (χ2n) is 5.54. The van der Waals surface area contributed by atoms with E-state index in [0.717, 1.165) is 12.1 Å². The summed E-state index contributed by atoms with van der Waals surface area (Å²) in [4.78, 5) is 22.3. The molecule has 0 aliphatic rings. The van der Waals surface area contributed by atoms with Gasteiger partial charge in [-0.2, -0.15) is 4.72 Å². The van der Waals surface area contributed by atoms with E-state index < -0.39 is 38.7 Å². The lowest BCUT2D eigenvalue weighted by molar-refractivity contribution is -0.139. The fraction of sp³-hybridized carbons (Fsp3) is 0.467. The lowest BCUT2D eigenvalue weighted by Crippen LogP contribution is -2.41. The Labute approximate surface area is 139 Å². The molecule has 2 N–H and O–H groups in total. The second kappa shape index (κ2) is 8.20. The zero-order valence-corrected chi connectivity index (χ0v) is 14.4. The van der Waals surface area contributed by atoms with Gasteiger partial charge in [0.05, 0.1) is 17.1 Å². The van der Waals surface area contributed by atoms with Crippen molar-refractivity contribution in [2.45, 2.75) is 38.1 Å². The van der Waals surface area contributed by atoms with E-state index in [1.54, 1.807) is 20.8 Å². The van der Waals surface area contributed by atoms with Crippen LogP contribution in [0.1, 0.15) is 37.6 Å². The summed E-state index contributed by atoms with van der Waals surface area (Å²) >= 11 is 0. The minimum absolute atomic E-state index is 0.0468. The van der Waals surface area contributed by atoms with Crippen molar-refractivity contribution < 1.29 is 32.2 Å². The number of sulfonamides is 1. The molecule has 1 aromatic carbocycles. The van der Waals surface area contributed by atoms with E-state index in [1.807, 2.05) is 4.72 Å². The second-order valence-corrected chi connectivity index (χ2v) is 7.25. The maximum atomic E-state index is 13.6. The molecule has 0 heterocycles. The highest BCUT2D eigenvalue weighted by atomic mass is 32.2. The molecule has 0 aliphatic carbocycles. The molecule has 0 spiro atoms. The number of hydrogen-bond donors (Lipinski definition) is 2. The first-order valence-electron chi connectivity index (χ1n) is 7.29. The highest BCUT2D eigenvalue weighted by Crippen LogP contribution is 2.17. The molecule has 0 aliphatic heterocycles. The number of halogens is 1. The van der Waals surface area contributed by atoms with E-state index in [0.29, 0.717) is 6.07 Å². The van der Waals surface area contributed by atoms with E-state index in [-0.39, 0.29) is 24.5 Å². The maximum Gasteiger partial charge on any atom is 0.338 e. The van der Waals surface area contributed by atoms with E-state index in [4.69, 9.17) is 9.84 Å². The molecule has 0 saturated heterocycles. The van der Waals surface area contributed by atoms with Gasteiger partial charge in [0.25, 0.3) is 0 Å². The van der Waals surface area contributed by atoms with Gasteiger partial charge in [0.15, 0.2) is 0 Å². The van der Waals surface area contributed by atoms with Crippen LogP contribution in [-0.4, -0.2) is 38.1 Å². The van der Waals surface area contributed by atoms with Crippen LogP contribution >= 0.6 is 0 Å². The lowest BCUT2D eigenvalue weighted by atomic mass is 10.1. The number of carboxylic acids is 1. The summed E-state index contributed by atoms with van der Waals surface area (Å²) in [6.45, 7) is 5.08. The number of hydrogen-bond acceptors (Lipinski definition) is 5. The van der Waals surface area contributed by atoms with Crippen molar-refractivity contribution in [1.29, 1.82) is 0 Å². The number of aliphatic carboxylic acids is 1. The van der Waals surface area contributed by atoms with E-state index >= 15 is 0 Å². The van der Waals surface area contributed by atoms with Crippen molar-refractivity contribution in [3.05, 3.63) is 29.6 Å². The van der Waals surface area contributed by atoms with Gasteiger partial charge in [0, 0.05) is 0 Å². The molecular weight excluding hydrogens is 341 g/mol. The number of carbonyl (C=O) groups excluding carboxylic acids is 1. The van der Waals surface area contributed by atoms with Gasteiger partial charge in [-0.15, -0.1) is 0 Å². The topological polar surface area (TPSA) is 110 Å². The van der Waals surface area contributed by atoms with Crippen molar-refractivity contribution >= 4 is 22.0 Å². The minimum atomic E-state index is -4.32. The van der Waals surface area contributed by atoms with Gasteiger partial charge in [-0.1, -0.05) is 13.8 Å². The van der Waals surface area contributed by atoms with E-state index in [1.165, 1.54) is 0 Å². The minimum Gasteiger partial charge on any atom is -0.480 e.